The van der Waals surface area contributed by atoms with E-state index in [-0.39, 0.29) is 0 Å². The molecule has 1 saturated heterocycles. The number of piperazine rings is 1. The number of benzene rings is 1. The Morgan fingerprint density at radius 1 is 1.07 bits per heavy atom. The number of pyridine rings is 1. The van der Waals surface area contributed by atoms with E-state index in [1.165, 1.54) is 10.4 Å². The van der Waals surface area contributed by atoms with E-state index in [1.54, 1.807) is 0 Å². The van der Waals surface area contributed by atoms with E-state index < -0.39 is 0 Å². The number of aliphatic imine (C=N–C) groups is 1. The number of rotatable bonds is 4. The monoisotopic (exact) mass is 379 g/mol. The van der Waals surface area contributed by atoms with Crippen molar-refractivity contribution in [2.75, 3.05) is 44.7 Å². The zero-order chi connectivity index (χ0) is 18.5. The molecule has 0 spiro atoms. The topological polar surface area (TPSA) is 43.8 Å². The maximum absolute atomic E-state index is 4.75. The lowest BCUT2D eigenvalue weighted by Crippen LogP contribution is -2.52. The number of hydrogen-bond acceptors (Lipinski definition) is 4. The zero-order valence-corrected chi connectivity index (χ0v) is 16.5. The van der Waals surface area contributed by atoms with Crippen LogP contribution in [0, 0.1) is 0 Å². The van der Waals surface area contributed by atoms with Gasteiger partial charge in [-0.15, -0.1) is 11.3 Å². The van der Waals surface area contributed by atoms with Gasteiger partial charge in [-0.2, -0.15) is 0 Å². The second kappa shape index (κ2) is 8.39. The van der Waals surface area contributed by atoms with Gasteiger partial charge in [0, 0.05) is 57.3 Å². The van der Waals surface area contributed by atoms with Crippen LogP contribution in [0.5, 0.6) is 0 Å². The molecule has 0 saturated carbocycles. The van der Waals surface area contributed by atoms with Gasteiger partial charge in [-0.25, -0.2) is 0 Å². The molecule has 4 rings (SSSR count). The summed E-state index contributed by atoms with van der Waals surface area (Å²) >= 11 is 1.81. The Bertz CT molecular complexity index is 898. The average Bonchev–Trinajstić information content (AvgIpc) is 3.26. The average molecular weight is 380 g/mol. The van der Waals surface area contributed by atoms with Crippen LogP contribution in [0.1, 0.15) is 5.69 Å². The van der Waals surface area contributed by atoms with Crippen molar-refractivity contribution in [3.8, 4) is 0 Å². The molecule has 0 atom stereocenters. The molecule has 0 amide bonds. The van der Waals surface area contributed by atoms with Crippen molar-refractivity contribution >= 4 is 33.2 Å². The van der Waals surface area contributed by atoms with Crippen LogP contribution in [-0.2, 0) is 6.42 Å². The molecule has 5 nitrogen and oxygen atoms in total. The summed E-state index contributed by atoms with van der Waals surface area (Å²) in [5.74, 6) is 0.988. The molecular formula is C21H25N5S. The van der Waals surface area contributed by atoms with Gasteiger partial charge in [0.05, 0.1) is 10.5 Å². The molecular weight excluding hydrogens is 354 g/mol. The van der Waals surface area contributed by atoms with E-state index in [0.29, 0.717) is 0 Å². The lowest BCUT2D eigenvalue weighted by atomic mass is 10.2. The van der Waals surface area contributed by atoms with Crippen LogP contribution in [0.2, 0.25) is 0 Å². The molecule has 3 aromatic rings. The van der Waals surface area contributed by atoms with Crippen LogP contribution < -0.4 is 10.2 Å². The van der Waals surface area contributed by atoms with Gasteiger partial charge < -0.3 is 15.1 Å². The Hall–Kier alpha value is -2.60. The summed E-state index contributed by atoms with van der Waals surface area (Å²) in [6.45, 7) is 4.89. The molecule has 0 bridgehead atoms. The molecule has 0 aliphatic carbocycles. The maximum atomic E-state index is 4.75. The number of aromatic nitrogens is 1. The van der Waals surface area contributed by atoms with Crippen molar-refractivity contribution in [3.05, 3.63) is 59.6 Å². The molecule has 1 fully saturated rings. The number of para-hydroxylation sites is 1. The van der Waals surface area contributed by atoms with Crippen molar-refractivity contribution in [1.29, 1.82) is 0 Å². The van der Waals surface area contributed by atoms with Crippen LogP contribution in [0.3, 0.4) is 0 Å². The summed E-state index contributed by atoms with van der Waals surface area (Å²) in [5.41, 5.74) is 2.17. The molecule has 140 valence electrons. The molecule has 1 N–H and O–H groups in total. The van der Waals surface area contributed by atoms with Crippen molar-refractivity contribution in [2.45, 2.75) is 6.42 Å². The molecule has 1 aliphatic rings. The van der Waals surface area contributed by atoms with E-state index in [1.807, 2.05) is 30.5 Å². The summed E-state index contributed by atoms with van der Waals surface area (Å²) in [4.78, 5) is 14.0. The van der Waals surface area contributed by atoms with Gasteiger partial charge in [0.25, 0.3) is 0 Å². The van der Waals surface area contributed by atoms with Gasteiger partial charge in [-0.1, -0.05) is 24.3 Å². The number of thiophene rings is 1. The minimum Gasteiger partial charge on any atom is -0.360 e. The fourth-order valence-electron chi connectivity index (χ4n) is 3.47. The smallest absolute Gasteiger partial charge is 0.193 e. The Morgan fingerprint density at radius 2 is 1.93 bits per heavy atom. The highest BCUT2D eigenvalue weighted by Crippen LogP contribution is 2.22. The molecule has 27 heavy (non-hydrogen) atoms. The van der Waals surface area contributed by atoms with Gasteiger partial charge in [0.15, 0.2) is 5.96 Å². The highest BCUT2D eigenvalue weighted by atomic mass is 32.1. The summed E-state index contributed by atoms with van der Waals surface area (Å²) in [6.07, 6.45) is 0.888. The fraction of sp³-hybridized carbons (Fsp3) is 0.333. The van der Waals surface area contributed by atoms with Crippen LogP contribution in [0.4, 0.5) is 5.00 Å². The third-order valence-corrected chi connectivity index (χ3v) is 5.86. The molecule has 6 heteroatoms. The molecule has 3 heterocycles. The first kappa shape index (κ1) is 17.8. The predicted octanol–water partition coefficient (Wildman–Crippen LogP) is 3.24. The minimum absolute atomic E-state index is 0.836. The van der Waals surface area contributed by atoms with Gasteiger partial charge in [-0.3, -0.25) is 9.98 Å². The first-order valence-corrected chi connectivity index (χ1v) is 10.3. The van der Waals surface area contributed by atoms with Gasteiger partial charge in [-0.05, 0) is 29.6 Å². The number of nitrogens with one attached hydrogen (secondary N) is 1. The van der Waals surface area contributed by atoms with Gasteiger partial charge >= 0.3 is 0 Å². The summed E-state index contributed by atoms with van der Waals surface area (Å²) < 4.78 is 0. The van der Waals surface area contributed by atoms with E-state index in [4.69, 9.17) is 4.98 Å². The van der Waals surface area contributed by atoms with Crippen molar-refractivity contribution < 1.29 is 0 Å². The lowest BCUT2D eigenvalue weighted by molar-refractivity contribution is 0.373. The van der Waals surface area contributed by atoms with Crippen LogP contribution in [0.25, 0.3) is 10.9 Å². The second-order valence-electron chi connectivity index (χ2n) is 6.64. The quantitative estimate of drug-likeness (QED) is 0.558. The fourth-order valence-corrected chi connectivity index (χ4v) is 4.26. The number of fused-ring (bicyclic) bond motifs is 1. The number of nitrogens with zero attached hydrogens (tertiary/aromatic N) is 4. The second-order valence-corrected chi connectivity index (χ2v) is 7.57. The zero-order valence-electron chi connectivity index (χ0n) is 15.6. The summed E-state index contributed by atoms with van der Waals surface area (Å²) in [6, 6.07) is 16.8. The first-order valence-electron chi connectivity index (χ1n) is 9.42. The highest BCUT2D eigenvalue weighted by molar-refractivity contribution is 7.14. The highest BCUT2D eigenvalue weighted by Gasteiger charge is 2.20. The Kier molecular flexibility index (Phi) is 5.53. The minimum atomic E-state index is 0.836. The predicted molar refractivity (Wildman–Crippen MR) is 115 cm³/mol. The van der Waals surface area contributed by atoms with Crippen molar-refractivity contribution in [1.82, 2.24) is 15.2 Å². The number of hydrogen-bond donors (Lipinski definition) is 1. The Labute approximate surface area is 164 Å². The summed E-state index contributed by atoms with van der Waals surface area (Å²) in [5, 5.41) is 8.20. The normalized spacial score (nSPS) is 15.4. The van der Waals surface area contributed by atoms with Crippen molar-refractivity contribution in [3.63, 3.8) is 0 Å². The van der Waals surface area contributed by atoms with Gasteiger partial charge in [0.1, 0.15) is 0 Å². The molecule has 1 aliphatic heterocycles. The van der Waals surface area contributed by atoms with E-state index >= 15 is 0 Å². The lowest BCUT2D eigenvalue weighted by Gasteiger charge is -2.37. The first-order chi connectivity index (χ1) is 13.3. The maximum Gasteiger partial charge on any atom is 0.193 e. The largest absolute Gasteiger partial charge is 0.360 e. The third kappa shape index (κ3) is 4.22. The van der Waals surface area contributed by atoms with E-state index in [2.05, 4.69) is 61.9 Å². The van der Waals surface area contributed by atoms with E-state index in [9.17, 15) is 0 Å². The Morgan fingerprint density at radius 3 is 2.70 bits per heavy atom. The standard InChI is InChI=1S/C21H25N5S/c1-22-21(26-14-12-25(13-15-26)20-7-4-16-27-20)23-11-10-18-9-8-17-5-2-3-6-19(17)24-18/h2-9,16H,10-15H2,1H3,(H,22,23). The molecule has 1 aromatic carbocycles. The van der Waals surface area contributed by atoms with Crippen LogP contribution >= 0.6 is 11.3 Å². The van der Waals surface area contributed by atoms with Crippen molar-refractivity contribution in [2.24, 2.45) is 4.99 Å². The van der Waals surface area contributed by atoms with E-state index in [0.717, 1.165) is 56.3 Å². The molecule has 0 unspecified atom stereocenters. The van der Waals surface area contributed by atoms with Crippen LogP contribution in [0.15, 0.2) is 58.9 Å². The molecule has 2 aromatic heterocycles. The summed E-state index contributed by atoms with van der Waals surface area (Å²) in [7, 11) is 1.86. The Balaban J connectivity index is 1.29. The SMILES string of the molecule is CN=C(NCCc1ccc2ccccc2n1)N1CCN(c2cccs2)CC1. The van der Waals surface area contributed by atoms with Gasteiger partial charge in [0.2, 0.25) is 0 Å². The third-order valence-electron chi connectivity index (χ3n) is 4.93. The number of anilines is 1. The molecule has 0 radical (unpaired) electrons. The number of guanidine groups is 1. The van der Waals surface area contributed by atoms with Crippen LogP contribution in [-0.4, -0.2) is 55.6 Å².